The number of rotatable bonds is 7. The molecule has 0 rings (SSSR count). The van der Waals surface area contributed by atoms with Gasteiger partial charge in [0.05, 0.1) is 6.61 Å². The zero-order valence-electron chi connectivity index (χ0n) is 8.97. The molecule has 0 aromatic carbocycles. The zero-order valence-corrected chi connectivity index (χ0v) is 9.87. The summed E-state index contributed by atoms with van der Waals surface area (Å²) in [7, 11) is -3.90. The van der Waals surface area contributed by atoms with Gasteiger partial charge < -0.3 is 9.42 Å². The molecule has 1 unspecified atom stereocenters. The average molecular weight is 239 g/mol. The van der Waals surface area contributed by atoms with Gasteiger partial charge in [-0.05, 0) is 18.8 Å². The van der Waals surface area contributed by atoms with E-state index in [2.05, 4.69) is 0 Å². The van der Waals surface area contributed by atoms with Gasteiger partial charge in [0, 0.05) is 0 Å². The fourth-order valence-electron chi connectivity index (χ4n) is 0.961. The highest BCUT2D eigenvalue weighted by Crippen LogP contribution is 2.41. The Kier molecular flexibility index (Phi) is 6.76. The SMILES string of the molecule is CC(C)CCCOP(=O)(O)CC(=O)NO. The minimum Gasteiger partial charge on any atom is -0.324 e. The zero-order chi connectivity index (χ0) is 11.9. The number of carbonyl (C=O) groups excluding carboxylic acids is 1. The predicted octanol–water partition coefficient (Wildman–Crippen LogP) is 1.13. The summed E-state index contributed by atoms with van der Waals surface area (Å²) in [5.41, 5.74) is 1.28. The fraction of sp³-hybridized carbons (Fsp3) is 0.875. The Balaban J connectivity index is 3.74. The highest BCUT2D eigenvalue weighted by Gasteiger charge is 2.23. The summed E-state index contributed by atoms with van der Waals surface area (Å²) in [6, 6.07) is 0. The Labute approximate surface area is 89.1 Å². The third-order valence-electron chi connectivity index (χ3n) is 1.69. The van der Waals surface area contributed by atoms with Gasteiger partial charge in [-0.2, -0.15) is 0 Å². The third-order valence-corrected chi connectivity index (χ3v) is 2.96. The molecule has 0 aliphatic rings. The largest absolute Gasteiger partial charge is 0.337 e. The van der Waals surface area contributed by atoms with Crippen molar-refractivity contribution in [1.82, 2.24) is 5.48 Å². The molecule has 0 radical (unpaired) electrons. The number of nitrogens with one attached hydrogen (secondary N) is 1. The topological polar surface area (TPSA) is 95.9 Å². The van der Waals surface area contributed by atoms with Gasteiger partial charge in [-0.1, -0.05) is 13.8 Å². The van der Waals surface area contributed by atoms with Crippen molar-refractivity contribution in [2.24, 2.45) is 5.92 Å². The number of hydroxylamine groups is 1. The molecule has 1 atom stereocenters. The molecule has 0 aliphatic carbocycles. The smallest absolute Gasteiger partial charge is 0.324 e. The van der Waals surface area contributed by atoms with Crippen LogP contribution in [0.4, 0.5) is 0 Å². The van der Waals surface area contributed by atoms with Gasteiger partial charge in [0.25, 0.3) is 5.91 Å². The van der Waals surface area contributed by atoms with Crippen LogP contribution in [0, 0.1) is 5.92 Å². The first-order valence-corrected chi connectivity index (χ1v) is 6.53. The van der Waals surface area contributed by atoms with Gasteiger partial charge in [0.1, 0.15) is 6.16 Å². The van der Waals surface area contributed by atoms with Crippen LogP contribution in [0.25, 0.3) is 0 Å². The molecular formula is C8H18NO5P. The summed E-state index contributed by atoms with van der Waals surface area (Å²) < 4.78 is 15.9. The molecule has 7 heteroatoms. The van der Waals surface area contributed by atoms with Crippen LogP contribution in [0.15, 0.2) is 0 Å². The average Bonchev–Trinajstić information content (AvgIpc) is 2.11. The van der Waals surface area contributed by atoms with Crippen molar-refractivity contribution in [2.75, 3.05) is 12.8 Å². The predicted molar refractivity (Wildman–Crippen MR) is 54.6 cm³/mol. The quantitative estimate of drug-likeness (QED) is 0.268. The van der Waals surface area contributed by atoms with Gasteiger partial charge in [0.2, 0.25) is 0 Å². The van der Waals surface area contributed by atoms with Gasteiger partial charge in [-0.3, -0.25) is 14.6 Å². The molecule has 0 saturated carbocycles. The molecule has 0 spiro atoms. The Bertz CT molecular complexity index is 243. The maximum Gasteiger partial charge on any atom is 0.337 e. The van der Waals surface area contributed by atoms with E-state index in [1.807, 2.05) is 13.8 Å². The first kappa shape index (κ1) is 14.6. The van der Waals surface area contributed by atoms with E-state index in [-0.39, 0.29) is 6.61 Å². The van der Waals surface area contributed by atoms with Crippen molar-refractivity contribution >= 4 is 13.5 Å². The molecule has 15 heavy (non-hydrogen) atoms. The summed E-state index contributed by atoms with van der Waals surface area (Å²) in [6.07, 6.45) is 0.848. The Hall–Kier alpha value is -0.420. The highest BCUT2D eigenvalue weighted by molar-refractivity contribution is 7.53. The van der Waals surface area contributed by atoms with Crippen LogP contribution < -0.4 is 5.48 Å². The van der Waals surface area contributed by atoms with Crippen LogP contribution in [0.3, 0.4) is 0 Å². The van der Waals surface area contributed by atoms with E-state index in [1.54, 1.807) is 0 Å². The Morgan fingerprint density at radius 1 is 1.53 bits per heavy atom. The summed E-state index contributed by atoms with van der Waals surface area (Å²) >= 11 is 0. The molecule has 1 amide bonds. The maximum atomic E-state index is 11.2. The lowest BCUT2D eigenvalue weighted by atomic mass is 10.1. The van der Waals surface area contributed by atoms with Gasteiger partial charge in [0.15, 0.2) is 0 Å². The van der Waals surface area contributed by atoms with E-state index in [1.165, 1.54) is 5.48 Å². The number of amides is 1. The van der Waals surface area contributed by atoms with Crippen LogP contribution in [-0.4, -0.2) is 28.8 Å². The molecule has 0 saturated heterocycles. The normalized spacial score (nSPS) is 15.0. The second kappa shape index (κ2) is 6.95. The van der Waals surface area contributed by atoms with E-state index in [0.29, 0.717) is 12.3 Å². The minimum atomic E-state index is -3.90. The number of hydrogen-bond donors (Lipinski definition) is 3. The highest BCUT2D eigenvalue weighted by atomic mass is 31.2. The lowest BCUT2D eigenvalue weighted by molar-refractivity contribution is -0.126. The molecule has 0 aromatic rings. The fourth-order valence-corrected chi connectivity index (χ4v) is 1.90. The van der Waals surface area contributed by atoms with Crippen molar-refractivity contribution in [3.63, 3.8) is 0 Å². The van der Waals surface area contributed by atoms with Gasteiger partial charge in [-0.25, -0.2) is 5.48 Å². The van der Waals surface area contributed by atoms with Crippen molar-refractivity contribution < 1.29 is 24.0 Å². The van der Waals surface area contributed by atoms with E-state index in [0.717, 1.165) is 6.42 Å². The van der Waals surface area contributed by atoms with Crippen LogP contribution in [0.5, 0.6) is 0 Å². The molecule has 6 nitrogen and oxygen atoms in total. The first-order valence-electron chi connectivity index (χ1n) is 4.76. The summed E-state index contributed by atoms with van der Waals surface area (Å²) in [5.74, 6) is -0.419. The van der Waals surface area contributed by atoms with Crippen molar-refractivity contribution in [3.05, 3.63) is 0 Å². The van der Waals surface area contributed by atoms with E-state index in [9.17, 15) is 9.36 Å². The van der Waals surface area contributed by atoms with E-state index in [4.69, 9.17) is 14.6 Å². The monoisotopic (exact) mass is 239 g/mol. The minimum absolute atomic E-state index is 0.144. The number of carbonyl (C=O) groups is 1. The van der Waals surface area contributed by atoms with Gasteiger partial charge in [-0.15, -0.1) is 0 Å². The van der Waals surface area contributed by atoms with E-state index >= 15 is 0 Å². The molecule has 0 aliphatic heterocycles. The third kappa shape index (κ3) is 8.57. The molecule has 90 valence electrons. The summed E-state index contributed by atoms with van der Waals surface area (Å²) in [5, 5.41) is 8.16. The van der Waals surface area contributed by atoms with Crippen molar-refractivity contribution in [2.45, 2.75) is 26.7 Å². The lowest BCUT2D eigenvalue weighted by Gasteiger charge is -2.11. The molecule has 3 N–H and O–H groups in total. The summed E-state index contributed by atoms with van der Waals surface area (Å²) in [4.78, 5) is 19.7. The van der Waals surface area contributed by atoms with Crippen LogP contribution in [0.2, 0.25) is 0 Å². The first-order chi connectivity index (χ1) is 6.87. The van der Waals surface area contributed by atoms with Crippen molar-refractivity contribution in [1.29, 1.82) is 0 Å². The molecule has 0 fully saturated rings. The molecule has 0 heterocycles. The summed E-state index contributed by atoms with van der Waals surface area (Å²) in [6.45, 7) is 4.22. The second-order valence-electron chi connectivity index (χ2n) is 3.70. The van der Waals surface area contributed by atoms with Crippen LogP contribution in [0.1, 0.15) is 26.7 Å². The molecule has 0 bridgehead atoms. The Morgan fingerprint density at radius 2 is 2.13 bits per heavy atom. The Morgan fingerprint density at radius 3 is 2.60 bits per heavy atom. The number of hydrogen-bond acceptors (Lipinski definition) is 4. The molecule has 0 aromatic heterocycles. The maximum absolute atomic E-state index is 11.2. The van der Waals surface area contributed by atoms with Crippen LogP contribution >= 0.6 is 7.60 Å². The van der Waals surface area contributed by atoms with Crippen LogP contribution in [-0.2, 0) is 13.9 Å². The van der Waals surface area contributed by atoms with Gasteiger partial charge >= 0.3 is 7.60 Å². The lowest BCUT2D eigenvalue weighted by Crippen LogP contribution is -2.22. The van der Waals surface area contributed by atoms with E-state index < -0.39 is 19.7 Å². The standard InChI is InChI=1S/C8H18NO5P/c1-7(2)4-3-5-14-15(12,13)6-8(10)9-11/h7,11H,3-6H2,1-2H3,(H,9,10)(H,12,13). The molecular weight excluding hydrogens is 221 g/mol. The second-order valence-corrected chi connectivity index (χ2v) is 5.55. The van der Waals surface area contributed by atoms with Crippen molar-refractivity contribution in [3.8, 4) is 0 Å².